The normalized spacial score (nSPS) is 10.2. The molecule has 2 N–H and O–H groups in total. The van der Waals surface area contributed by atoms with Crippen molar-refractivity contribution in [2.24, 2.45) is 0 Å². The van der Waals surface area contributed by atoms with Crippen LogP contribution in [-0.4, -0.2) is 12.9 Å². The van der Waals surface area contributed by atoms with Crippen LogP contribution in [0.15, 0.2) is 52.3 Å². The fraction of sp³-hybridized carbons (Fsp3) is 0.133. The largest absolute Gasteiger partial charge is 0.497 e. The highest BCUT2D eigenvalue weighted by Gasteiger charge is 2.06. The number of benzene rings is 2. The minimum Gasteiger partial charge on any atom is -0.497 e. The lowest BCUT2D eigenvalue weighted by Crippen LogP contribution is -1.99. The molecule has 0 aliphatic rings. The van der Waals surface area contributed by atoms with Crippen molar-refractivity contribution in [2.45, 2.75) is 16.7 Å². The number of anilines is 1. The van der Waals surface area contributed by atoms with Crippen LogP contribution in [0.25, 0.3) is 0 Å². The van der Waals surface area contributed by atoms with E-state index in [2.05, 4.69) is 0 Å². The maximum absolute atomic E-state index is 11.3. The predicted octanol–water partition coefficient (Wildman–Crippen LogP) is 3.63. The molecule has 2 aromatic carbocycles. The molecule has 3 nitrogen and oxygen atoms in total. The Morgan fingerprint density at radius 1 is 1.11 bits per heavy atom. The van der Waals surface area contributed by atoms with Crippen molar-refractivity contribution in [3.63, 3.8) is 0 Å². The molecule has 0 saturated carbocycles. The van der Waals surface area contributed by atoms with Gasteiger partial charge in [0.2, 0.25) is 0 Å². The summed E-state index contributed by atoms with van der Waals surface area (Å²) >= 11 is 1.59. The number of hydrogen-bond acceptors (Lipinski definition) is 4. The first-order valence-corrected chi connectivity index (χ1v) is 6.64. The van der Waals surface area contributed by atoms with Crippen molar-refractivity contribution in [3.05, 3.63) is 48.0 Å². The van der Waals surface area contributed by atoms with Gasteiger partial charge in [-0.25, -0.2) is 0 Å². The molecule has 19 heavy (non-hydrogen) atoms. The van der Waals surface area contributed by atoms with Gasteiger partial charge in [0.25, 0.3) is 0 Å². The third kappa shape index (κ3) is 3.29. The molecule has 0 saturated heterocycles. The molecular weight excluding hydrogens is 258 g/mol. The number of rotatable bonds is 4. The van der Waals surface area contributed by atoms with E-state index in [1.165, 1.54) is 6.92 Å². The molecule has 0 amide bonds. The summed E-state index contributed by atoms with van der Waals surface area (Å²) in [5.74, 6) is 0.814. The molecule has 0 unspecified atom stereocenters. The molecule has 0 radical (unpaired) electrons. The summed E-state index contributed by atoms with van der Waals surface area (Å²) in [5.41, 5.74) is 6.96. The summed E-state index contributed by atoms with van der Waals surface area (Å²) in [4.78, 5) is 13.4. The number of nitrogens with two attached hydrogens (primary N) is 1. The van der Waals surface area contributed by atoms with Crippen molar-refractivity contribution in [1.82, 2.24) is 0 Å². The van der Waals surface area contributed by atoms with Crippen LogP contribution >= 0.6 is 11.8 Å². The molecule has 98 valence electrons. The van der Waals surface area contributed by atoms with Gasteiger partial charge in [0.05, 0.1) is 7.11 Å². The second-order valence-corrected chi connectivity index (χ2v) is 5.23. The molecule has 0 fully saturated rings. The van der Waals surface area contributed by atoms with E-state index in [4.69, 9.17) is 10.5 Å². The third-order valence-electron chi connectivity index (χ3n) is 2.70. The fourth-order valence-corrected chi connectivity index (χ4v) is 2.57. The van der Waals surface area contributed by atoms with E-state index in [9.17, 15) is 4.79 Å². The number of carbonyl (C=O) groups excluding carboxylic acids is 1. The molecule has 0 bridgehead atoms. The molecule has 2 aromatic rings. The van der Waals surface area contributed by atoms with E-state index in [0.29, 0.717) is 11.3 Å². The Balaban J connectivity index is 2.18. The van der Waals surface area contributed by atoms with Gasteiger partial charge in [0, 0.05) is 21.0 Å². The van der Waals surface area contributed by atoms with E-state index in [1.807, 2.05) is 36.4 Å². The zero-order chi connectivity index (χ0) is 13.8. The first-order valence-electron chi connectivity index (χ1n) is 5.82. The van der Waals surface area contributed by atoms with Crippen molar-refractivity contribution in [2.75, 3.05) is 12.8 Å². The first kappa shape index (κ1) is 13.5. The molecule has 0 aliphatic carbocycles. The van der Waals surface area contributed by atoms with E-state index in [-0.39, 0.29) is 5.78 Å². The highest BCUT2D eigenvalue weighted by molar-refractivity contribution is 7.99. The van der Waals surface area contributed by atoms with Gasteiger partial charge in [-0.1, -0.05) is 11.8 Å². The smallest absolute Gasteiger partial charge is 0.161 e. The topological polar surface area (TPSA) is 52.3 Å². The molecule has 4 heteroatoms. The minimum atomic E-state index is -0.0153. The average molecular weight is 273 g/mol. The predicted molar refractivity (Wildman–Crippen MR) is 78.0 cm³/mol. The van der Waals surface area contributed by atoms with Gasteiger partial charge >= 0.3 is 0 Å². The zero-order valence-corrected chi connectivity index (χ0v) is 11.7. The molecule has 0 atom stereocenters. The van der Waals surface area contributed by atoms with Gasteiger partial charge in [-0.3, -0.25) is 4.79 Å². The van der Waals surface area contributed by atoms with E-state index in [1.54, 1.807) is 24.9 Å². The van der Waals surface area contributed by atoms with Crippen molar-refractivity contribution in [1.29, 1.82) is 0 Å². The second-order valence-electron chi connectivity index (χ2n) is 4.08. The van der Waals surface area contributed by atoms with E-state index < -0.39 is 0 Å². The van der Waals surface area contributed by atoms with Crippen LogP contribution < -0.4 is 10.5 Å². The van der Waals surface area contributed by atoms with Gasteiger partial charge in [0.15, 0.2) is 5.78 Å². The molecule has 0 aliphatic heterocycles. The second kappa shape index (κ2) is 5.80. The van der Waals surface area contributed by atoms with Gasteiger partial charge in [-0.15, -0.1) is 0 Å². The van der Waals surface area contributed by atoms with Crippen LogP contribution in [0.5, 0.6) is 5.75 Å². The molecular formula is C15H15NO2S. The fourth-order valence-electron chi connectivity index (χ4n) is 1.70. The lowest BCUT2D eigenvalue weighted by molar-refractivity contribution is 0.101. The Morgan fingerprint density at radius 2 is 1.74 bits per heavy atom. The van der Waals surface area contributed by atoms with Crippen LogP contribution in [0.4, 0.5) is 5.69 Å². The van der Waals surface area contributed by atoms with Crippen molar-refractivity contribution >= 4 is 23.2 Å². The molecule has 0 aromatic heterocycles. The third-order valence-corrected chi connectivity index (χ3v) is 3.69. The number of nitrogen functional groups attached to an aromatic ring is 1. The maximum Gasteiger partial charge on any atom is 0.161 e. The number of hydrogen-bond donors (Lipinski definition) is 1. The number of Topliss-reactive ketones (excluding diaryl/α,β-unsaturated/α-hetero) is 1. The lowest BCUT2D eigenvalue weighted by atomic mass is 10.1. The summed E-state index contributed by atoms with van der Waals surface area (Å²) in [6.07, 6.45) is 0. The Bertz CT molecular complexity index is 594. The summed E-state index contributed by atoms with van der Waals surface area (Å²) < 4.78 is 5.11. The first-order chi connectivity index (χ1) is 9.10. The van der Waals surface area contributed by atoms with Gasteiger partial charge in [-0.05, 0) is 49.4 Å². The van der Waals surface area contributed by atoms with Gasteiger partial charge < -0.3 is 10.5 Å². The van der Waals surface area contributed by atoms with Crippen LogP contribution in [-0.2, 0) is 0 Å². The van der Waals surface area contributed by atoms with E-state index >= 15 is 0 Å². The van der Waals surface area contributed by atoms with E-state index in [0.717, 1.165) is 15.5 Å². The number of methoxy groups -OCH3 is 1. The average Bonchev–Trinajstić information content (AvgIpc) is 2.39. The standard InChI is InChI=1S/C15H15NO2S/c1-10(17)14-8-7-13(9-15(14)16)19-12-5-3-11(18-2)4-6-12/h3-9H,16H2,1-2H3. The summed E-state index contributed by atoms with van der Waals surface area (Å²) in [6.45, 7) is 1.52. The highest BCUT2D eigenvalue weighted by atomic mass is 32.2. The maximum atomic E-state index is 11.3. The van der Waals surface area contributed by atoms with Gasteiger partial charge in [0.1, 0.15) is 5.75 Å². The van der Waals surface area contributed by atoms with Crippen molar-refractivity contribution in [3.8, 4) is 5.75 Å². The van der Waals surface area contributed by atoms with Crippen LogP contribution in [0, 0.1) is 0 Å². The van der Waals surface area contributed by atoms with Crippen molar-refractivity contribution < 1.29 is 9.53 Å². The molecule has 0 heterocycles. The number of ketones is 1. The SMILES string of the molecule is COc1ccc(Sc2ccc(C(C)=O)c(N)c2)cc1. The molecule has 0 spiro atoms. The van der Waals surface area contributed by atoms with Crippen LogP contribution in [0.3, 0.4) is 0 Å². The Hall–Kier alpha value is -1.94. The molecule has 2 rings (SSSR count). The summed E-state index contributed by atoms with van der Waals surface area (Å²) in [6, 6.07) is 13.3. The zero-order valence-electron chi connectivity index (χ0n) is 10.8. The monoisotopic (exact) mass is 273 g/mol. The summed E-state index contributed by atoms with van der Waals surface area (Å²) in [5, 5.41) is 0. The highest BCUT2D eigenvalue weighted by Crippen LogP contribution is 2.31. The Labute approximate surface area is 116 Å². The Morgan fingerprint density at radius 3 is 2.26 bits per heavy atom. The number of ether oxygens (including phenoxy) is 1. The summed E-state index contributed by atoms with van der Waals surface area (Å²) in [7, 11) is 1.64. The van der Waals surface area contributed by atoms with Crippen LogP contribution in [0.1, 0.15) is 17.3 Å². The Kier molecular flexibility index (Phi) is 4.12. The quantitative estimate of drug-likeness (QED) is 0.682. The number of carbonyl (C=O) groups is 1. The lowest BCUT2D eigenvalue weighted by Gasteiger charge is -2.06. The minimum absolute atomic E-state index is 0.0153. The van der Waals surface area contributed by atoms with Gasteiger partial charge in [-0.2, -0.15) is 0 Å². The van der Waals surface area contributed by atoms with Crippen LogP contribution in [0.2, 0.25) is 0 Å².